The van der Waals surface area contributed by atoms with Crippen LogP contribution in [0.4, 0.5) is 5.69 Å². The molecule has 4 nitrogen and oxygen atoms in total. The van der Waals surface area contributed by atoms with Crippen molar-refractivity contribution in [3.63, 3.8) is 0 Å². The first-order chi connectivity index (χ1) is 7.74. The Labute approximate surface area is 95.8 Å². The highest BCUT2D eigenvalue weighted by molar-refractivity contribution is 5.70. The molecule has 0 bridgehead atoms. The van der Waals surface area contributed by atoms with Crippen LogP contribution in [-0.4, -0.2) is 39.9 Å². The van der Waals surface area contributed by atoms with Crippen LogP contribution in [0.3, 0.4) is 0 Å². The Bertz CT molecular complexity index is 313. The van der Waals surface area contributed by atoms with Crippen molar-refractivity contribution in [2.75, 3.05) is 38.8 Å². The first kappa shape index (κ1) is 12.5. The van der Waals surface area contributed by atoms with Crippen molar-refractivity contribution in [1.82, 2.24) is 0 Å². The number of hydrogen-bond acceptors (Lipinski definition) is 4. The Balaban J connectivity index is 2.26. The average Bonchev–Trinajstić information content (AvgIpc) is 2.30. The molecule has 1 aromatic rings. The number of carbonyl (C=O) groups is 1. The van der Waals surface area contributed by atoms with Crippen LogP contribution >= 0.6 is 0 Å². The van der Waals surface area contributed by atoms with Gasteiger partial charge >= 0.3 is 5.97 Å². The van der Waals surface area contributed by atoms with E-state index in [2.05, 4.69) is 4.74 Å². The summed E-state index contributed by atoms with van der Waals surface area (Å²) in [5, 5.41) is 0. The third-order valence-electron chi connectivity index (χ3n) is 2.15. The number of ether oxygens (including phenoxy) is 2. The van der Waals surface area contributed by atoms with Crippen molar-refractivity contribution in [3.05, 3.63) is 30.3 Å². The summed E-state index contributed by atoms with van der Waals surface area (Å²) < 4.78 is 9.63. The normalized spacial score (nSPS) is 9.88. The van der Waals surface area contributed by atoms with Gasteiger partial charge in [-0.05, 0) is 12.1 Å². The quantitative estimate of drug-likeness (QED) is 0.682. The zero-order valence-corrected chi connectivity index (χ0v) is 9.68. The van der Waals surface area contributed by atoms with Gasteiger partial charge in [-0.1, -0.05) is 18.2 Å². The van der Waals surface area contributed by atoms with E-state index in [1.165, 1.54) is 7.11 Å². The van der Waals surface area contributed by atoms with Gasteiger partial charge in [0.25, 0.3) is 0 Å². The first-order valence-corrected chi connectivity index (χ1v) is 5.15. The maximum Gasteiger partial charge on any atom is 0.332 e. The molecule has 88 valence electrons. The van der Waals surface area contributed by atoms with E-state index < -0.39 is 0 Å². The van der Waals surface area contributed by atoms with E-state index >= 15 is 0 Å². The van der Waals surface area contributed by atoms with Gasteiger partial charge in [-0.3, -0.25) is 0 Å². The van der Waals surface area contributed by atoms with Crippen molar-refractivity contribution in [3.8, 4) is 0 Å². The third kappa shape index (κ3) is 4.31. The molecule has 0 aliphatic carbocycles. The summed E-state index contributed by atoms with van der Waals surface area (Å²) in [6.45, 7) is 1.04. The molecule has 0 spiro atoms. The van der Waals surface area contributed by atoms with E-state index in [-0.39, 0.29) is 12.6 Å². The van der Waals surface area contributed by atoms with Crippen LogP contribution in [0.25, 0.3) is 0 Å². The molecule has 1 rings (SSSR count). The Hall–Kier alpha value is -1.55. The molecule has 0 saturated heterocycles. The highest BCUT2D eigenvalue weighted by Gasteiger charge is 2.03. The van der Waals surface area contributed by atoms with Gasteiger partial charge < -0.3 is 14.4 Å². The summed E-state index contributed by atoms with van der Waals surface area (Å²) in [4.78, 5) is 13.0. The van der Waals surface area contributed by atoms with Crippen LogP contribution < -0.4 is 4.90 Å². The fourth-order valence-corrected chi connectivity index (χ4v) is 1.27. The van der Waals surface area contributed by atoms with E-state index in [0.29, 0.717) is 13.2 Å². The monoisotopic (exact) mass is 223 g/mol. The predicted molar refractivity (Wildman–Crippen MR) is 62.5 cm³/mol. The minimum Gasteiger partial charge on any atom is -0.462 e. The summed E-state index contributed by atoms with van der Waals surface area (Å²) in [7, 11) is 3.43. The van der Waals surface area contributed by atoms with Crippen LogP contribution in [0.5, 0.6) is 0 Å². The largest absolute Gasteiger partial charge is 0.462 e. The van der Waals surface area contributed by atoms with Gasteiger partial charge in [-0.2, -0.15) is 0 Å². The number of anilines is 1. The number of para-hydroxylation sites is 1. The van der Waals surface area contributed by atoms with Gasteiger partial charge in [-0.25, -0.2) is 4.79 Å². The maximum absolute atomic E-state index is 11.0. The molecule has 16 heavy (non-hydrogen) atoms. The SMILES string of the molecule is COCC(=O)OCCN(C)c1ccccc1. The lowest BCUT2D eigenvalue weighted by Crippen LogP contribution is -2.24. The summed E-state index contributed by atoms with van der Waals surface area (Å²) >= 11 is 0. The van der Waals surface area contributed by atoms with Gasteiger partial charge in [-0.15, -0.1) is 0 Å². The van der Waals surface area contributed by atoms with Gasteiger partial charge in [0.1, 0.15) is 13.2 Å². The molecule has 0 amide bonds. The molecule has 0 radical (unpaired) electrons. The highest BCUT2D eigenvalue weighted by Crippen LogP contribution is 2.09. The van der Waals surface area contributed by atoms with Crippen LogP contribution in [0.15, 0.2) is 30.3 Å². The molecular formula is C12H17NO3. The van der Waals surface area contributed by atoms with Gasteiger partial charge in [0.05, 0.1) is 6.54 Å². The third-order valence-corrected chi connectivity index (χ3v) is 2.15. The van der Waals surface area contributed by atoms with E-state index in [0.717, 1.165) is 5.69 Å². The molecule has 0 aromatic heterocycles. The van der Waals surface area contributed by atoms with Gasteiger partial charge in [0, 0.05) is 19.8 Å². The maximum atomic E-state index is 11.0. The van der Waals surface area contributed by atoms with Crippen LogP contribution in [-0.2, 0) is 14.3 Å². The summed E-state index contributed by atoms with van der Waals surface area (Å²) in [6, 6.07) is 9.94. The van der Waals surface area contributed by atoms with Crippen molar-refractivity contribution in [2.45, 2.75) is 0 Å². The summed E-state index contributed by atoms with van der Waals surface area (Å²) in [6.07, 6.45) is 0. The molecule has 0 aliphatic rings. The van der Waals surface area contributed by atoms with E-state index in [1.54, 1.807) is 0 Å². The molecular weight excluding hydrogens is 206 g/mol. The first-order valence-electron chi connectivity index (χ1n) is 5.15. The minimum absolute atomic E-state index is 0.00898. The van der Waals surface area contributed by atoms with Crippen LogP contribution in [0.1, 0.15) is 0 Å². The molecule has 0 unspecified atom stereocenters. The standard InChI is InChI=1S/C12H17NO3/c1-13(11-6-4-3-5-7-11)8-9-16-12(14)10-15-2/h3-7H,8-10H2,1-2H3. The molecule has 4 heteroatoms. The molecule has 1 aromatic carbocycles. The van der Waals surface area contributed by atoms with Crippen molar-refractivity contribution in [1.29, 1.82) is 0 Å². The van der Waals surface area contributed by atoms with Gasteiger partial charge in [0.15, 0.2) is 0 Å². The van der Waals surface area contributed by atoms with Crippen molar-refractivity contribution in [2.24, 2.45) is 0 Å². The second kappa shape index (κ2) is 6.85. The lowest BCUT2D eigenvalue weighted by molar-refractivity contribution is -0.147. The minimum atomic E-state index is -0.330. The highest BCUT2D eigenvalue weighted by atomic mass is 16.6. The number of benzene rings is 1. The van der Waals surface area contributed by atoms with E-state index in [1.807, 2.05) is 42.3 Å². The fourth-order valence-electron chi connectivity index (χ4n) is 1.27. The average molecular weight is 223 g/mol. The Morgan fingerprint density at radius 3 is 2.62 bits per heavy atom. The smallest absolute Gasteiger partial charge is 0.332 e. The number of nitrogens with zero attached hydrogens (tertiary/aromatic N) is 1. The van der Waals surface area contributed by atoms with Gasteiger partial charge in [0.2, 0.25) is 0 Å². The molecule has 0 saturated carbocycles. The lowest BCUT2D eigenvalue weighted by Gasteiger charge is -2.18. The second-order valence-electron chi connectivity index (χ2n) is 3.41. The van der Waals surface area contributed by atoms with Crippen molar-refractivity contribution >= 4 is 11.7 Å². The number of likely N-dealkylation sites (N-methyl/N-ethyl adjacent to an activating group) is 1. The second-order valence-corrected chi connectivity index (χ2v) is 3.41. The summed E-state index contributed by atoms with van der Waals surface area (Å²) in [5.41, 5.74) is 1.10. The summed E-state index contributed by atoms with van der Waals surface area (Å²) in [5.74, 6) is -0.330. The Morgan fingerprint density at radius 2 is 2.00 bits per heavy atom. The fraction of sp³-hybridized carbons (Fsp3) is 0.417. The van der Waals surface area contributed by atoms with Crippen LogP contribution in [0.2, 0.25) is 0 Å². The molecule has 0 heterocycles. The zero-order valence-electron chi connectivity index (χ0n) is 9.68. The van der Waals surface area contributed by atoms with Crippen LogP contribution in [0, 0.1) is 0 Å². The molecule has 0 aliphatic heterocycles. The number of hydrogen-bond donors (Lipinski definition) is 0. The van der Waals surface area contributed by atoms with E-state index in [4.69, 9.17) is 4.74 Å². The number of methoxy groups -OCH3 is 1. The van der Waals surface area contributed by atoms with Crippen molar-refractivity contribution < 1.29 is 14.3 Å². The topological polar surface area (TPSA) is 38.8 Å². The lowest BCUT2D eigenvalue weighted by atomic mass is 10.3. The molecule has 0 atom stereocenters. The molecule has 0 N–H and O–H groups in total. The zero-order chi connectivity index (χ0) is 11.8. The Morgan fingerprint density at radius 1 is 1.31 bits per heavy atom. The Kier molecular flexibility index (Phi) is 5.36. The predicted octanol–water partition coefficient (Wildman–Crippen LogP) is 1.31. The number of esters is 1. The number of carbonyl (C=O) groups excluding carboxylic acids is 1. The van der Waals surface area contributed by atoms with E-state index in [9.17, 15) is 4.79 Å². The molecule has 0 fully saturated rings. The number of rotatable bonds is 6.